The number of ether oxygens (including phenoxy) is 2. The van der Waals surface area contributed by atoms with Crippen LogP contribution in [0.5, 0.6) is 0 Å². The van der Waals surface area contributed by atoms with Crippen molar-refractivity contribution >= 4 is 23.6 Å². The Labute approximate surface area is 208 Å². The van der Waals surface area contributed by atoms with E-state index in [0.717, 1.165) is 28.0 Å². The van der Waals surface area contributed by atoms with Crippen LogP contribution in [0.15, 0.2) is 95.7 Å². The number of hydrogen-bond donors (Lipinski definition) is 0. The molecule has 0 fully saturated rings. The Kier molecular flexibility index (Phi) is 9.02. The number of esters is 1. The Morgan fingerprint density at radius 1 is 0.914 bits per heavy atom. The number of allylic oxidation sites excluding steroid dienone is 1. The first-order valence-electron chi connectivity index (χ1n) is 11.6. The summed E-state index contributed by atoms with van der Waals surface area (Å²) in [4.78, 5) is 12.7. The fraction of sp³-hybridized carbons (Fsp3) is 0.200. The van der Waals surface area contributed by atoms with Gasteiger partial charge in [-0.1, -0.05) is 90.5 Å². The minimum atomic E-state index is -0.500. The third kappa shape index (κ3) is 6.07. The van der Waals surface area contributed by atoms with Gasteiger partial charge in [0.15, 0.2) is 11.5 Å². The van der Waals surface area contributed by atoms with Gasteiger partial charge < -0.3 is 9.47 Å². The second-order valence-corrected chi connectivity index (χ2v) is 7.96. The van der Waals surface area contributed by atoms with Crippen LogP contribution in [-0.2, 0) is 20.9 Å². The molecule has 0 unspecified atom stereocenters. The summed E-state index contributed by atoms with van der Waals surface area (Å²) in [6, 6.07) is 26.1. The molecule has 0 saturated heterocycles. The number of carbonyl (C=O) groups excluding carboxylic acids is 1. The van der Waals surface area contributed by atoms with Gasteiger partial charge in [-0.2, -0.15) is 5.10 Å². The van der Waals surface area contributed by atoms with Crippen molar-refractivity contribution in [2.75, 3.05) is 7.11 Å². The molecule has 0 aliphatic carbocycles. The maximum absolute atomic E-state index is 12.7. The summed E-state index contributed by atoms with van der Waals surface area (Å²) in [5.74, 6) is -0.0363. The zero-order valence-corrected chi connectivity index (χ0v) is 21.0. The highest BCUT2D eigenvalue weighted by Gasteiger charge is 2.35. The molecule has 5 nitrogen and oxygen atoms in total. The quantitative estimate of drug-likeness (QED) is 0.308. The van der Waals surface area contributed by atoms with E-state index in [-0.39, 0.29) is 5.70 Å². The Bertz CT molecular complexity index is 1230. The summed E-state index contributed by atoms with van der Waals surface area (Å²) in [5.41, 5.74) is 6.34. The van der Waals surface area contributed by atoms with Gasteiger partial charge in [0.1, 0.15) is 6.61 Å². The number of aryl methyl sites for hydroxylation is 2. The van der Waals surface area contributed by atoms with Crippen molar-refractivity contribution in [2.24, 2.45) is 5.10 Å². The van der Waals surface area contributed by atoms with Crippen LogP contribution >= 0.6 is 0 Å². The maximum Gasteiger partial charge on any atom is 0.360 e. The molecule has 35 heavy (non-hydrogen) atoms. The van der Waals surface area contributed by atoms with E-state index in [1.165, 1.54) is 12.7 Å². The SMILES string of the molecule is C/C=N\N1C(C(=O)OC)=C(OCc2ccccc2)c2cccc(C)c2/C1=C\C.Cc1ccccc1. The summed E-state index contributed by atoms with van der Waals surface area (Å²) in [7, 11) is 1.36. The van der Waals surface area contributed by atoms with Crippen molar-refractivity contribution in [3.05, 3.63) is 118 Å². The van der Waals surface area contributed by atoms with Crippen LogP contribution in [0, 0.1) is 13.8 Å². The van der Waals surface area contributed by atoms with Crippen molar-refractivity contribution in [3.63, 3.8) is 0 Å². The summed E-state index contributed by atoms with van der Waals surface area (Å²) < 4.78 is 11.3. The van der Waals surface area contributed by atoms with Gasteiger partial charge in [0, 0.05) is 17.3 Å². The minimum absolute atomic E-state index is 0.266. The smallest absolute Gasteiger partial charge is 0.360 e. The molecule has 0 saturated carbocycles. The van der Waals surface area contributed by atoms with Gasteiger partial charge >= 0.3 is 5.97 Å². The molecule has 1 aliphatic rings. The van der Waals surface area contributed by atoms with Crippen LogP contribution in [0.25, 0.3) is 11.5 Å². The van der Waals surface area contributed by atoms with E-state index in [0.29, 0.717) is 12.4 Å². The zero-order valence-electron chi connectivity index (χ0n) is 21.0. The predicted octanol–water partition coefficient (Wildman–Crippen LogP) is 6.73. The molecule has 0 aromatic heterocycles. The van der Waals surface area contributed by atoms with E-state index in [1.54, 1.807) is 18.1 Å². The van der Waals surface area contributed by atoms with Crippen LogP contribution in [0.4, 0.5) is 0 Å². The van der Waals surface area contributed by atoms with E-state index < -0.39 is 5.97 Å². The van der Waals surface area contributed by atoms with Crippen LogP contribution in [0.1, 0.15) is 41.7 Å². The first-order chi connectivity index (χ1) is 17.0. The van der Waals surface area contributed by atoms with Crippen LogP contribution < -0.4 is 0 Å². The summed E-state index contributed by atoms with van der Waals surface area (Å²) in [6.45, 7) is 8.18. The Balaban J connectivity index is 0.000000420. The van der Waals surface area contributed by atoms with Crippen LogP contribution in [-0.4, -0.2) is 24.3 Å². The molecule has 180 valence electrons. The molecule has 0 spiro atoms. The zero-order chi connectivity index (χ0) is 25.2. The van der Waals surface area contributed by atoms with Gasteiger partial charge in [0.05, 0.1) is 12.8 Å². The number of nitrogens with zero attached hydrogens (tertiary/aromatic N) is 2. The van der Waals surface area contributed by atoms with Gasteiger partial charge in [0.2, 0.25) is 0 Å². The molecule has 0 radical (unpaired) electrons. The molecule has 4 rings (SSSR count). The third-order valence-corrected chi connectivity index (χ3v) is 5.48. The van der Waals surface area contributed by atoms with Gasteiger partial charge in [-0.05, 0) is 38.8 Å². The fourth-order valence-electron chi connectivity index (χ4n) is 3.84. The van der Waals surface area contributed by atoms with Crippen molar-refractivity contribution in [2.45, 2.75) is 34.3 Å². The lowest BCUT2D eigenvalue weighted by molar-refractivity contribution is -0.137. The highest BCUT2D eigenvalue weighted by Crippen LogP contribution is 2.41. The van der Waals surface area contributed by atoms with Crippen molar-refractivity contribution in [1.29, 1.82) is 0 Å². The third-order valence-electron chi connectivity index (χ3n) is 5.48. The molecule has 1 aliphatic heterocycles. The molecule has 0 N–H and O–H groups in total. The van der Waals surface area contributed by atoms with E-state index in [4.69, 9.17) is 9.47 Å². The van der Waals surface area contributed by atoms with Crippen molar-refractivity contribution in [1.82, 2.24) is 5.01 Å². The van der Waals surface area contributed by atoms with Gasteiger partial charge in [-0.25, -0.2) is 9.80 Å². The number of rotatable bonds is 5. The number of benzene rings is 3. The number of hydrazone groups is 1. The minimum Gasteiger partial charge on any atom is -0.486 e. The number of methoxy groups -OCH3 is 1. The number of fused-ring (bicyclic) bond motifs is 1. The first kappa shape index (κ1) is 25.5. The number of carbonyl (C=O) groups is 1. The summed E-state index contributed by atoms with van der Waals surface area (Å²) in [5, 5.41) is 6.03. The Morgan fingerprint density at radius 2 is 1.57 bits per heavy atom. The second-order valence-electron chi connectivity index (χ2n) is 7.96. The molecule has 0 bridgehead atoms. The predicted molar refractivity (Wildman–Crippen MR) is 142 cm³/mol. The average molecular weight is 469 g/mol. The van der Waals surface area contributed by atoms with Crippen molar-refractivity contribution < 1.29 is 14.3 Å². The lowest BCUT2D eigenvalue weighted by Crippen LogP contribution is -2.29. The Morgan fingerprint density at radius 3 is 2.11 bits per heavy atom. The Hall–Kier alpha value is -4.12. The van der Waals surface area contributed by atoms with E-state index in [2.05, 4.69) is 24.2 Å². The van der Waals surface area contributed by atoms with Crippen LogP contribution in [0.2, 0.25) is 0 Å². The van der Waals surface area contributed by atoms with Gasteiger partial charge in [-0.3, -0.25) is 0 Å². The van der Waals surface area contributed by atoms with E-state index >= 15 is 0 Å². The highest BCUT2D eigenvalue weighted by molar-refractivity contribution is 6.01. The van der Waals surface area contributed by atoms with Gasteiger partial charge in [0.25, 0.3) is 0 Å². The first-order valence-corrected chi connectivity index (χ1v) is 11.6. The largest absolute Gasteiger partial charge is 0.486 e. The fourth-order valence-corrected chi connectivity index (χ4v) is 3.84. The molecule has 0 amide bonds. The van der Waals surface area contributed by atoms with E-state index in [1.807, 2.05) is 86.7 Å². The summed E-state index contributed by atoms with van der Waals surface area (Å²) in [6.07, 6.45) is 3.58. The molecule has 1 heterocycles. The monoisotopic (exact) mass is 468 g/mol. The number of hydrogen-bond acceptors (Lipinski definition) is 5. The molecule has 3 aromatic carbocycles. The van der Waals surface area contributed by atoms with Gasteiger partial charge in [-0.15, -0.1) is 0 Å². The molecule has 0 atom stereocenters. The second kappa shape index (κ2) is 12.4. The summed E-state index contributed by atoms with van der Waals surface area (Å²) >= 11 is 0. The molecular formula is C30H32N2O3. The van der Waals surface area contributed by atoms with Crippen molar-refractivity contribution in [3.8, 4) is 0 Å². The molecule has 5 heteroatoms. The lowest BCUT2D eigenvalue weighted by atomic mass is 9.93. The maximum atomic E-state index is 12.7. The highest BCUT2D eigenvalue weighted by atomic mass is 16.5. The normalized spacial score (nSPS) is 13.9. The van der Waals surface area contributed by atoms with Crippen LogP contribution in [0.3, 0.4) is 0 Å². The average Bonchev–Trinajstić information content (AvgIpc) is 2.88. The molecular weight excluding hydrogens is 436 g/mol. The molecule has 3 aromatic rings. The topological polar surface area (TPSA) is 51.1 Å². The van der Waals surface area contributed by atoms with E-state index in [9.17, 15) is 4.79 Å². The lowest BCUT2D eigenvalue weighted by Gasteiger charge is -2.32. The standard InChI is InChI=1S/C23H24N2O3.C7H8/c1-5-19-20-16(3)11-10-14-18(20)22(28-15-17-12-8-7-9-13-17)21(23(26)27-4)25(19)24-6-2;1-7-5-3-2-4-6-7/h5-14H,15H2,1-4H3;2-6H,1H3/b19-5+,24-6-;.